The van der Waals surface area contributed by atoms with Gasteiger partial charge in [-0.05, 0) is 49.4 Å². The van der Waals surface area contributed by atoms with Gasteiger partial charge in [-0.15, -0.1) is 0 Å². The molecule has 0 saturated carbocycles. The van der Waals surface area contributed by atoms with E-state index in [0.29, 0.717) is 12.8 Å². The predicted octanol–water partition coefficient (Wildman–Crippen LogP) is 2.08. The van der Waals surface area contributed by atoms with Crippen LogP contribution in [0.25, 0.3) is 0 Å². The number of Topliss-reactive ketones (excluding diaryl/α,β-unsaturated/α-hetero) is 1. The number of ether oxygens (including phenoxy) is 1. The van der Waals surface area contributed by atoms with E-state index in [0.717, 1.165) is 17.7 Å². The van der Waals surface area contributed by atoms with E-state index in [1.807, 2.05) is 18.2 Å². The van der Waals surface area contributed by atoms with Crippen LogP contribution < -0.4 is 4.74 Å². The van der Waals surface area contributed by atoms with Crippen molar-refractivity contribution in [2.75, 3.05) is 13.7 Å². The number of carbonyl (C=O) groups is 3. The summed E-state index contributed by atoms with van der Waals surface area (Å²) in [7, 11) is 1.60. The van der Waals surface area contributed by atoms with Gasteiger partial charge in [0.1, 0.15) is 18.1 Å². The lowest BCUT2D eigenvalue weighted by Gasteiger charge is -2.35. The first-order chi connectivity index (χ1) is 11.8. The molecule has 6 nitrogen and oxygen atoms in total. The number of benzene rings is 1. The Morgan fingerprint density at radius 3 is 2.64 bits per heavy atom. The first-order valence-electron chi connectivity index (χ1n) is 8.49. The Balaban J connectivity index is 2.21. The zero-order valence-electron chi connectivity index (χ0n) is 14.9. The summed E-state index contributed by atoms with van der Waals surface area (Å²) in [6.07, 6.45) is 2.23. The van der Waals surface area contributed by atoms with E-state index in [-0.39, 0.29) is 30.7 Å². The van der Waals surface area contributed by atoms with Crippen molar-refractivity contribution in [3.63, 3.8) is 0 Å². The Hall–Kier alpha value is -2.37. The number of methoxy groups -OCH3 is 1. The Labute approximate surface area is 147 Å². The summed E-state index contributed by atoms with van der Waals surface area (Å²) in [5.41, 5.74) is 2.29. The van der Waals surface area contributed by atoms with E-state index in [1.54, 1.807) is 14.0 Å². The molecule has 0 heterocycles. The van der Waals surface area contributed by atoms with Gasteiger partial charge in [0.25, 0.3) is 0 Å². The molecule has 0 aliphatic heterocycles. The number of hydrogen-bond acceptors (Lipinski definition) is 4. The lowest BCUT2D eigenvalue weighted by Crippen LogP contribution is -2.48. The fraction of sp³-hybridized carbons (Fsp3) is 0.526. The first kappa shape index (κ1) is 19.0. The molecular formula is C19H25NO5. The topological polar surface area (TPSA) is 83.9 Å². The molecule has 0 fully saturated rings. The SMILES string of the molecule is COc1ccc2c(c1)CC(N(CC(=O)O)C(=O)C(C)CC(C)=O)CC2. The molecule has 6 heteroatoms. The van der Waals surface area contributed by atoms with Crippen LogP contribution in [0.2, 0.25) is 0 Å². The number of carbonyl (C=O) groups excluding carboxylic acids is 2. The van der Waals surface area contributed by atoms with Gasteiger partial charge in [-0.3, -0.25) is 9.59 Å². The molecule has 25 heavy (non-hydrogen) atoms. The van der Waals surface area contributed by atoms with E-state index in [1.165, 1.54) is 17.4 Å². The number of carboxylic acids is 1. The van der Waals surface area contributed by atoms with Crippen LogP contribution in [0.5, 0.6) is 5.75 Å². The van der Waals surface area contributed by atoms with Crippen LogP contribution in [-0.4, -0.2) is 47.4 Å². The van der Waals surface area contributed by atoms with Crippen molar-refractivity contribution in [2.45, 2.75) is 45.6 Å². The van der Waals surface area contributed by atoms with Crippen LogP contribution in [-0.2, 0) is 27.2 Å². The molecule has 0 bridgehead atoms. The van der Waals surface area contributed by atoms with E-state index in [9.17, 15) is 19.5 Å². The minimum absolute atomic E-state index is 0.0742. The molecule has 1 aromatic rings. The van der Waals surface area contributed by atoms with Gasteiger partial charge < -0.3 is 19.5 Å². The summed E-state index contributed by atoms with van der Waals surface area (Å²) in [5.74, 6) is -1.15. The molecule has 136 valence electrons. The van der Waals surface area contributed by atoms with Gasteiger partial charge in [0.2, 0.25) is 5.91 Å². The van der Waals surface area contributed by atoms with Crippen molar-refractivity contribution in [3.05, 3.63) is 29.3 Å². The van der Waals surface area contributed by atoms with Crippen molar-refractivity contribution in [2.24, 2.45) is 5.92 Å². The average molecular weight is 347 g/mol. The highest BCUT2D eigenvalue weighted by Crippen LogP contribution is 2.28. The molecule has 0 radical (unpaired) electrons. The first-order valence-corrected chi connectivity index (χ1v) is 8.49. The summed E-state index contributed by atoms with van der Waals surface area (Å²) < 4.78 is 5.26. The number of aryl methyl sites for hydroxylation is 1. The van der Waals surface area contributed by atoms with E-state index in [4.69, 9.17) is 4.74 Å². The molecular weight excluding hydrogens is 322 g/mol. The Morgan fingerprint density at radius 1 is 1.32 bits per heavy atom. The number of fused-ring (bicyclic) bond motifs is 1. The second-order valence-electron chi connectivity index (χ2n) is 6.70. The van der Waals surface area contributed by atoms with Crippen molar-refractivity contribution >= 4 is 17.7 Å². The Morgan fingerprint density at radius 2 is 2.04 bits per heavy atom. The largest absolute Gasteiger partial charge is 0.497 e. The highest BCUT2D eigenvalue weighted by molar-refractivity contribution is 5.87. The summed E-state index contributed by atoms with van der Waals surface area (Å²) in [6, 6.07) is 5.70. The van der Waals surface area contributed by atoms with Crippen LogP contribution in [0.4, 0.5) is 0 Å². The maximum atomic E-state index is 12.7. The third-order valence-electron chi connectivity index (χ3n) is 4.66. The average Bonchev–Trinajstić information content (AvgIpc) is 2.57. The third-order valence-corrected chi connectivity index (χ3v) is 4.66. The zero-order chi connectivity index (χ0) is 18.6. The monoisotopic (exact) mass is 347 g/mol. The maximum absolute atomic E-state index is 12.7. The van der Waals surface area contributed by atoms with Crippen LogP contribution in [0.1, 0.15) is 37.8 Å². The molecule has 1 N–H and O–H groups in total. The number of hydrogen-bond donors (Lipinski definition) is 1. The minimum Gasteiger partial charge on any atom is -0.497 e. The van der Waals surface area contributed by atoms with Gasteiger partial charge >= 0.3 is 5.97 Å². The molecule has 1 aliphatic rings. The van der Waals surface area contributed by atoms with Crippen LogP contribution >= 0.6 is 0 Å². The van der Waals surface area contributed by atoms with Crippen molar-refractivity contribution < 1.29 is 24.2 Å². The van der Waals surface area contributed by atoms with Gasteiger partial charge in [-0.2, -0.15) is 0 Å². The van der Waals surface area contributed by atoms with E-state index >= 15 is 0 Å². The lowest BCUT2D eigenvalue weighted by molar-refractivity contribution is -0.148. The summed E-state index contributed by atoms with van der Waals surface area (Å²) in [4.78, 5) is 36.7. The Bertz CT molecular complexity index is 670. The molecule has 1 aromatic carbocycles. The third kappa shape index (κ3) is 4.81. The molecule has 1 amide bonds. The summed E-state index contributed by atoms with van der Waals surface area (Å²) in [6.45, 7) is 2.78. The molecule has 2 atom stereocenters. The Kier molecular flexibility index (Phi) is 6.17. The van der Waals surface area contributed by atoms with Gasteiger partial charge in [0.15, 0.2) is 0 Å². The molecule has 0 aromatic heterocycles. The molecule has 2 unspecified atom stereocenters. The van der Waals surface area contributed by atoms with Crippen molar-refractivity contribution in [3.8, 4) is 5.75 Å². The number of nitrogens with zero attached hydrogens (tertiary/aromatic N) is 1. The van der Waals surface area contributed by atoms with Crippen LogP contribution in [0, 0.1) is 5.92 Å². The smallest absolute Gasteiger partial charge is 0.323 e. The van der Waals surface area contributed by atoms with Gasteiger partial charge in [-0.25, -0.2) is 0 Å². The number of carboxylic acid groups (broad SMARTS) is 1. The van der Waals surface area contributed by atoms with Crippen LogP contribution in [0.15, 0.2) is 18.2 Å². The van der Waals surface area contributed by atoms with Crippen LogP contribution in [0.3, 0.4) is 0 Å². The zero-order valence-corrected chi connectivity index (χ0v) is 14.9. The fourth-order valence-electron chi connectivity index (χ4n) is 3.44. The maximum Gasteiger partial charge on any atom is 0.323 e. The lowest BCUT2D eigenvalue weighted by atomic mass is 9.86. The van der Waals surface area contributed by atoms with Gasteiger partial charge in [-0.1, -0.05) is 13.0 Å². The quantitative estimate of drug-likeness (QED) is 0.816. The molecule has 0 spiro atoms. The normalized spacial score (nSPS) is 17.3. The van der Waals surface area contributed by atoms with Crippen molar-refractivity contribution in [1.29, 1.82) is 0 Å². The standard InChI is InChI=1S/C19H25NO5/c1-12(8-13(2)21)19(24)20(11-18(22)23)16-6-4-14-5-7-17(25-3)10-15(14)9-16/h5,7,10,12,16H,4,6,8-9,11H2,1-3H3,(H,22,23). The highest BCUT2D eigenvalue weighted by Gasteiger charge is 2.32. The van der Waals surface area contributed by atoms with Gasteiger partial charge in [0.05, 0.1) is 7.11 Å². The molecule has 1 aliphatic carbocycles. The van der Waals surface area contributed by atoms with E-state index in [2.05, 4.69) is 0 Å². The number of aliphatic carboxylic acids is 1. The number of rotatable bonds is 7. The highest BCUT2D eigenvalue weighted by atomic mass is 16.5. The van der Waals surface area contributed by atoms with E-state index < -0.39 is 11.9 Å². The number of ketones is 1. The fourth-order valence-corrected chi connectivity index (χ4v) is 3.44. The molecule has 0 saturated heterocycles. The second kappa shape index (κ2) is 8.14. The number of amides is 1. The van der Waals surface area contributed by atoms with Gasteiger partial charge in [0, 0.05) is 18.4 Å². The molecule has 2 rings (SSSR count). The van der Waals surface area contributed by atoms with Crippen molar-refractivity contribution in [1.82, 2.24) is 4.90 Å². The minimum atomic E-state index is -1.04. The second-order valence-corrected chi connectivity index (χ2v) is 6.70. The summed E-state index contributed by atoms with van der Waals surface area (Å²) >= 11 is 0. The predicted molar refractivity (Wildman–Crippen MR) is 92.6 cm³/mol. The summed E-state index contributed by atoms with van der Waals surface area (Å²) in [5, 5.41) is 9.22.